The van der Waals surface area contributed by atoms with Crippen LogP contribution in [-0.4, -0.2) is 23.0 Å². The highest BCUT2D eigenvalue weighted by molar-refractivity contribution is 7.21. The van der Waals surface area contributed by atoms with E-state index in [-0.39, 0.29) is 12.1 Å². The minimum absolute atomic E-state index is 0.0632. The Balaban J connectivity index is 1.86. The molecule has 0 radical (unpaired) electrons. The lowest BCUT2D eigenvalue weighted by atomic mass is 10.1. The number of hydrogen-bond donors (Lipinski definition) is 2. The highest BCUT2D eigenvalue weighted by Gasteiger charge is 2.32. The summed E-state index contributed by atoms with van der Waals surface area (Å²) < 4.78 is 5.78. The molecule has 3 amide bonds. The van der Waals surface area contributed by atoms with Crippen molar-refractivity contribution >= 4 is 50.6 Å². The summed E-state index contributed by atoms with van der Waals surface area (Å²) in [4.78, 5) is 31.4. The molecule has 0 saturated heterocycles. The summed E-state index contributed by atoms with van der Waals surface area (Å²) in [7, 11) is 0. The Morgan fingerprint density at radius 2 is 2.11 bits per heavy atom. The summed E-state index contributed by atoms with van der Waals surface area (Å²) in [6, 6.07) is 7.00. The number of nitrogens with one attached hydrogen (secondary N) is 1. The molecule has 0 spiro atoms. The predicted molar refractivity (Wildman–Crippen MR) is 106 cm³/mol. The van der Waals surface area contributed by atoms with Crippen molar-refractivity contribution in [3.8, 4) is 5.75 Å². The van der Waals surface area contributed by atoms with E-state index in [0.29, 0.717) is 26.8 Å². The molecular weight excluding hydrogens is 364 g/mol. The fraction of sp³-hybridized carbons (Fsp3) is 0.211. The number of urea groups is 1. The van der Waals surface area contributed by atoms with Crippen LogP contribution in [0.1, 0.15) is 29.1 Å². The summed E-state index contributed by atoms with van der Waals surface area (Å²) in [6.07, 6.45) is 1.69. The van der Waals surface area contributed by atoms with Crippen LogP contribution in [0.25, 0.3) is 10.2 Å². The van der Waals surface area contributed by atoms with Gasteiger partial charge in [0.2, 0.25) is 0 Å². The van der Waals surface area contributed by atoms with Crippen LogP contribution in [0.4, 0.5) is 21.9 Å². The fourth-order valence-corrected chi connectivity index (χ4v) is 4.14. The molecule has 1 aliphatic rings. The third-order valence-electron chi connectivity index (χ3n) is 4.25. The zero-order valence-corrected chi connectivity index (χ0v) is 15.9. The van der Waals surface area contributed by atoms with Gasteiger partial charge in [0.25, 0.3) is 5.91 Å². The maximum atomic E-state index is 12.9. The zero-order valence-electron chi connectivity index (χ0n) is 15.1. The van der Waals surface area contributed by atoms with Crippen molar-refractivity contribution in [2.24, 2.45) is 5.73 Å². The number of anilines is 3. The molecule has 0 bridgehead atoms. The number of nitrogens with two attached hydrogens (primary N) is 1. The number of benzene rings is 1. The maximum absolute atomic E-state index is 12.9. The van der Waals surface area contributed by atoms with Gasteiger partial charge in [-0.05, 0) is 50.6 Å². The Morgan fingerprint density at radius 1 is 1.33 bits per heavy atom. The van der Waals surface area contributed by atoms with Gasteiger partial charge in [-0.3, -0.25) is 9.69 Å². The molecule has 2 aromatic heterocycles. The highest BCUT2D eigenvalue weighted by atomic mass is 32.1. The number of hydrogen-bond acceptors (Lipinski definition) is 5. The average molecular weight is 382 g/mol. The Kier molecular flexibility index (Phi) is 4.00. The van der Waals surface area contributed by atoms with Crippen LogP contribution in [0.2, 0.25) is 0 Å². The second kappa shape index (κ2) is 6.24. The second-order valence-electron chi connectivity index (χ2n) is 6.56. The Bertz CT molecular complexity index is 1090. The van der Waals surface area contributed by atoms with Crippen LogP contribution >= 0.6 is 11.3 Å². The molecule has 27 heavy (non-hydrogen) atoms. The minimum atomic E-state index is -0.585. The molecule has 138 valence electrons. The van der Waals surface area contributed by atoms with Gasteiger partial charge in [-0.2, -0.15) is 0 Å². The van der Waals surface area contributed by atoms with Gasteiger partial charge in [-0.15, -0.1) is 11.3 Å². The fourth-order valence-electron chi connectivity index (χ4n) is 3.17. The van der Waals surface area contributed by atoms with Gasteiger partial charge in [0.15, 0.2) is 0 Å². The van der Waals surface area contributed by atoms with E-state index in [1.54, 1.807) is 17.2 Å². The molecular formula is C19H18N4O3S. The van der Waals surface area contributed by atoms with E-state index < -0.39 is 5.91 Å². The molecule has 3 heterocycles. The van der Waals surface area contributed by atoms with Crippen LogP contribution < -0.4 is 20.7 Å². The van der Waals surface area contributed by atoms with Crippen molar-refractivity contribution in [2.45, 2.75) is 26.9 Å². The number of primary amides is 1. The molecule has 7 nitrogen and oxygen atoms in total. The van der Waals surface area contributed by atoms with Crippen LogP contribution in [0.15, 0.2) is 30.5 Å². The van der Waals surface area contributed by atoms with Gasteiger partial charge in [-0.1, -0.05) is 0 Å². The first kappa shape index (κ1) is 17.3. The number of thiophene rings is 1. The molecule has 3 aromatic rings. The molecule has 1 aromatic carbocycles. The number of ether oxygens (including phenoxy) is 1. The second-order valence-corrected chi connectivity index (χ2v) is 7.56. The van der Waals surface area contributed by atoms with Gasteiger partial charge in [-0.25, -0.2) is 9.78 Å². The lowest BCUT2D eigenvalue weighted by Crippen LogP contribution is -2.34. The lowest BCUT2D eigenvalue weighted by Gasteiger charge is -2.28. The molecule has 8 heteroatoms. The van der Waals surface area contributed by atoms with Crippen LogP contribution in [0.3, 0.4) is 0 Å². The van der Waals surface area contributed by atoms with E-state index >= 15 is 0 Å². The van der Waals surface area contributed by atoms with Gasteiger partial charge in [0.05, 0.1) is 28.6 Å². The lowest BCUT2D eigenvalue weighted by molar-refractivity contribution is 0.100. The van der Waals surface area contributed by atoms with E-state index in [9.17, 15) is 9.59 Å². The number of carbonyl (C=O) groups is 2. The molecule has 0 unspecified atom stereocenters. The van der Waals surface area contributed by atoms with Crippen molar-refractivity contribution in [3.63, 3.8) is 0 Å². The van der Waals surface area contributed by atoms with E-state index in [1.807, 2.05) is 39.0 Å². The topological polar surface area (TPSA) is 97.6 Å². The molecule has 0 atom stereocenters. The first-order valence-corrected chi connectivity index (χ1v) is 9.28. The summed E-state index contributed by atoms with van der Waals surface area (Å²) in [5.41, 5.74) is 8.18. The van der Waals surface area contributed by atoms with Crippen molar-refractivity contribution in [3.05, 3.63) is 40.9 Å². The van der Waals surface area contributed by atoms with E-state index in [4.69, 9.17) is 10.5 Å². The predicted octanol–water partition coefficient (Wildman–Crippen LogP) is 4.17. The van der Waals surface area contributed by atoms with E-state index in [2.05, 4.69) is 10.3 Å². The number of amides is 3. The third-order valence-corrected chi connectivity index (χ3v) is 5.36. The number of aryl methyl sites for hydroxylation is 1. The smallest absolute Gasteiger partial charge is 0.331 e. The van der Waals surface area contributed by atoms with Crippen molar-refractivity contribution in [2.75, 3.05) is 10.2 Å². The number of aromatic nitrogens is 1. The molecule has 0 fully saturated rings. The highest BCUT2D eigenvalue weighted by Crippen LogP contribution is 2.45. The summed E-state index contributed by atoms with van der Waals surface area (Å²) >= 11 is 1.18. The molecule has 4 rings (SSSR count). The molecule has 1 aliphatic heterocycles. The maximum Gasteiger partial charge on any atom is 0.331 e. The SMILES string of the molecule is Cc1cc(N2C(=O)Nc3c(C(N)=O)sc4nccc2c34)ccc1OC(C)C. The van der Waals surface area contributed by atoms with Crippen molar-refractivity contribution in [1.29, 1.82) is 0 Å². The van der Waals surface area contributed by atoms with Gasteiger partial charge >= 0.3 is 6.03 Å². The van der Waals surface area contributed by atoms with Gasteiger partial charge in [0.1, 0.15) is 15.5 Å². The van der Waals surface area contributed by atoms with Gasteiger partial charge < -0.3 is 15.8 Å². The standard InChI is InChI=1S/C19H18N4O3S/c1-9(2)26-13-5-4-11(8-10(13)3)23-12-6-7-21-18-14(12)15(22-19(23)25)16(27-18)17(20)24/h4-9H,1-3H3,(H2,20,24)(H,22,25). The zero-order chi connectivity index (χ0) is 19.3. The first-order chi connectivity index (χ1) is 12.9. The number of nitrogens with zero attached hydrogens (tertiary/aromatic N) is 2. The van der Waals surface area contributed by atoms with Gasteiger partial charge in [0, 0.05) is 6.20 Å². The van der Waals surface area contributed by atoms with E-state index in [1.165, 1.54) is 11.3 Å². The van der Waals surface area contributed by atoms with Crippen LogP contribution in [-0.2, 0) is 0 Å². The Morgan fingerprint density at radius 3 is 2.78 bits per heavy atom. The summed E-state index contributed by atoms with van der Waals surface area (Å²) in [6.45, 7) is 5.87. The number of carbonyl (C=O) groups excluding carboxylic acids is 2. The Hall–Kier alpha value is -3.13. The Labute approximate surface area is 159 Å². The molecule has 0 aliphatic carbocycles. The summed E-state index contributed by atoms with van der Waals surface area (Å²) in [5.74, 6) is 0.192. The van der Waals surface area contributed by atoms with Crippen molar-refractivity contribution in [1.82, 2.24) is 4.98 Å². The van der Waals surface area contributed by atoms with Crippen molar-refractivity contribution < 1.29 is 14.3 Å². The molecule has 3 N–H and O–H groups in total. The quantitative estimate of drug-likeness (QED) is 0.707. The van der Waals surface area contributed by atoms with Crippen LogP contribution in [0.5, 0.6) is 5.75 Å². The minimum Gasteiger partial charge on any atom is -0.491 e. The first-order valence-electron chi connectivity index (χ1n) is 8.46. The normalized spacial score (nSPS) is 13.2. The van der Waals surface area contributed by atoms with E-state index in [0.717, 1.165) is 16.7 Å². The van der Waals surface area contributed by atoms with Crippen LogP contribution in [0, 0.1) is 6.92 Å². The molecule has 0 saturated carbocycles. The third kappa shape index (κ3) is 2.78. The summed E-state index contributed by atoms with van der Waals surface area (Å²) in [5, 5.41) is 3.51. The number of rotatable bonds is 4. The monoisotopic (exact) mass is 382 g/mol. The number of pyridine rings is 1. The average Bonchev–Trinajstić information content (AvgIpc) is 2.97. The largest absolute Gasteiger partial charge is 0.491 e.